The maximum absolute atomic E-state index is 4.65. The van der Waals surface area contributed by atoms with Gasteiger partial charge < -0.3 is 4.90 Å². The lowest BCUT2D eigenvalue weighted by molar-refractivity contribution is 0.369. The van der Waals surface area contributed by atoms with Crippen molar-refractivity contribution in [1.82, 2.24) is 4.90 Å². The molecule has 0 amide bonds. The van der Waals surface area contributed by atoms with Crippen molar-refractivity contribution >= 4 is 5.71 Å². The topological polar surface area (TPSA) is 15.6 Å². The molecule has 0 aromatic carbocycles. The van der Waals surface area contributed by atoms with Gasteiger partial charge in [0.1, 0.15) is 0 Å². The monoisotopic (exact) mass is 192 g/mol. The van der Waals surface area contributed by atoms with Gasteiger partial charge in [-0.05, 0) is 31.4 Å². The third kappa shape index (κ3) is 1.76. The van der Waals surface area contributed by atoms with Gasteiger partial charge in [0.25, 0.3) is 0 Å². The molecule has 0 unspecified atom stereocenters. The Hall–Kier alpha value is -0.630. The molecule has 0 saturated carbocycles. The van der Waals surface area contributed by atoms with Crippen LogP contribution in [-0.2, 0) is 0 Å². The Morgan fingerprint density at radius 1 is 1.29 bits per heavy atom. The van der Waals surface area contributed by atoms with Crippen LogP contribution in [0.4, 0.5) is 0 Å². The summed E-state index contributed by atoms with van der Waals surface area (Å²) in [5, 5.41) is 0. The average molecular weight is 192 g/mol. The van der Waals surface area contributed by atoms with E-state index in [-0.39, 0.29) is 0 Å². The van der Waals surface area contributed by atoms with Crippen LogP contribution in [0, 0.1) is 5.92 Å². The number of piperidine rings is 1. The number of aliphatic imine (C=N–C) groups is 1. The van der Waals surface area contributed by atoms with Gasteiger partial charge in [-0.2, -0.15) is 0 Å². The molecule has 0 bridgehead atoms. The van der Waals surface area contributed by atoms with Crippen LogP contribution in [0.2, 0.25) is 0 Å². The van der Waals surface area contributed by atoms with Gasteiger partial charge in [0.2, 0.25) is 0 Å². The smallest absolute Gasteiger partial charge is 0.0520 e. The predicted molar refractivity (Wildman–Crippen MR) is 60.9 cm³/mol. The molecule has 0 aliphatic carbocycles. The Kier molecular flexibility index (Phi) is 2.73. The van der Waals surface area contributed by atoms with E-state index in [1.807, 2.05) is 0 Å². The molecule has 0 atom stereocenters. The molecule has 2 aliphatic rings. The van der Waals surface area contributed by atoms with E-state index in [1.54, 1.807) is 11.1 Å². The average Bonchev–Trinajstić information content (AvgIpc) is 2.16. The second-order valence-corrected chi connectivity index (χ2v) is 4.72. The fourth-order valence-corrected chi connectivity index (χ4v) is 2.47. The number of hydrogen-bond donors (Lipinski definition) is 0. The summed E-state index contributed by atoms with van der Waals surface area (Å²) in [6.45, 7) is 7.89. The van der Waals surface area contributed by atoms with Crippen molar-refractivity contribution in [3.8, 4) is 0 Å². The highest BCUT2D eigenvalue weighted by Gasteiger charge is 2.23. The van der Waals surface area contributed by atoms with Crippen LogP contribution in [0.15, 0.2) is 16.1 Å². The van der Waals surface area contributed by atoms with E-state index in [0.29, 0.717) is 5.92 Å². The van der Waals surface area contributed by atoms with Crippen LogP contribution in [0.25, 0.3) is 0 Å². The maximum Gasteiger partial charge on any atom is 0.0520 e. The molecule has 2 heterocycles. The summed E-state index contributed by atoms with van der Waals surface area (Å²) < 4.78 is 0. The van der Waals surface area contributed by atoms with Crippen LogP contribution >= 0.6 is 0 Å². The van der Waals surface area contributed by atoms with Gasteiger partial charge in [0.05, 0.1) is 5.71 Å². The molecule has 2 aliphatic heterocycles. The zero-order chi connectivity index (χ0) is 10.1. The van der Waals surface area contributed by atoms with Crippen LogP contribution in [0.5, 0.6) is 0 Å². The minimum Gasteiger partial charge on any atom is -0.300 e. The molecule has 2 heteroatoms. The van der Waals surface area contributed by atoms with Crippen LogP contribution in [0.3, 0.4) is 0 Å². The largest absolute Gasteiger partial charge is 0.300 e. The lowest BCUT2D eigenvalue weighted by Crippen LogP contribution is -2.36. The fourth-order valence-electron chi connectivity index (χ4n) is 2.47. The molecular formula is C12H20N2. The number of likely N-dealkylation sites (tertiary alicyclic amines) is 1. The zero-order valence-electron chi connectivity index (χ0n) is 9.51. The van der Waals surface area contributed by atoms with Gasteiger partial charge in [-0.1, -0.05) is 19.4 Å². The zero-order valence-corrected chi connectivity index (χ0v) is 9.51. The van der Waals surface area contributed by atoms with Crippen molar-refractivity contribution < 1.29 is 0 Å². The molecular weight excluding hydrogens is 172 g/mol. The molecule has 14 heavy (non-hydrogen) atoms. The molecule has 2 nitrogen and oxygen atoms in total. The number of rotatable bonds is 1. The molecule has 78 valence electrons. The summed E-state index contributed by atoms with van der Waals surface area (Å²) in [5.74, 6) is 0.707. The lowest BCUT2D eigenvalue weighted by Gasteiger charge is -2.31. The van der Waals surface area contributed by atoms with E-state index in [1.165, 1.54) is 25.1 Å². The lowest BCUT2D eigenvalue weighted by atomic mass is 9.86. The molecule has 2 rings (SSSR count). The number of nitrogens with zero attached hydrogens (tertiary/aromatic N) is 2. The Morgan fingerprint density at radius 2 is 2.07 bits per heavy atom. The normalized spacial score (nSPS) is 23.9. The Labute approximate surface area is 86.7 Å². The Bertz CT molecular complexity index is 287. The minimum atomic E-state index is 0.707. The fraction of sp³-hybridized carbons (Fsp3) is 0.750. The first-order valence-corrected chi connectivity index (χ1v) is 5.62. The highest BCUT2D eigenvalue weighted by atomic mass is 15.1. The van der Waals surface area contributed by atoms with Crippen molar-refractivity contribution in [3.63, 3.8) is 0 Å². The van der Waals surface area contributed by atoms with E-state index in [4.69, 9.17) is 0 Å². The second kappa shape index (κ2) is 3.85. The number of fused-ring (bicyclic) bond motifs is 1. The quantitative estimate of drug-likeness (QED) is 0.621. The standard InChI is InChI=1S/C12H20N2/c1-9(2)10-4-6-13-12-8-14(3)7-5-11(10)12/h9H,4-8H2,1-3H3. The van der Waals surface area contributed by atoms with Crippen LogP contribution in [0.1, 0.15) is 26.7 Å². The van der Waals surface area contributed by atoms with E-state index in [2.05, 4.69) is 30.8 Å². The van der Waals surface area contributed by atoms with Crippen molar-refractivity contribution in [2.45, 2.75) is 26.7 Å². The maximum atomic E-state index is 4.65. The first kappa shape index (κ1) is 9.91. The van der Waals surface area contributed by atoms with Crippen molar-refractivity contribution in [2.75, 3.05) is 26.7 Å². The SMILES string of the molecule is CC(C)C1=C2CCN(C)CC2=NCC1. The van der Waals surface area contributed by atoms with Gasteiger partial charge in [-0.15, -0.1) is 0 Å². The van der Waals surface area contributed by atoms with E-state index in [9.17, 15) is 0 Å². The number of dihydropyridines is 1. The molecule has 0 spiro atoms. The minimum absolute atomic E-state index is 0.707. The van der Waals surface area contributed by atoms with Crippen molar-refractivity contribution in [3.05, 3.63) is 11.1 Å². The summed E-state index contributed by atoms with van der Waals surface area (Å²) >= 11 is 0. The van der Waals surface area contributed by atoms with Gasteiger partial charge in [-0.25, -0.2) is 0 Å². The van der Waals surface area contributed by atoms with Crippen LogP contribution in [-0.4, -0.2) is 37.3 Å². The highest BCUT2D eigenvalue weighted by molar-refractivity contribution is 6.03. The molecule has 0 N–H and O–H groups in total. The summed E-state index contributed by atoms with van der Waals surface area (Å²) in [6, 6.07) is 0. The van der Waals surface area contributed by atoms with Gasteiger partial charge >= 0.3 is 0 Å². The molecule has 0 radical (unpaired) electrons. The second-order valence-electron chi connectivity index (χ2n) is 4.72. The number of hydrogen-bond acceptors (Lipinski definition) is 2. The summed E-state index contributed by atoms with van der Waals surface area (Å²) in [6.07, 6.45) is 2.41. The van der Waals surface area contributed by atoms with Crippen LogP contribution < -0.4 is 0 Å². The molecule has 1 fully saturated rings. The predicted octanol–water partition coefficient (Wildman–Crippen LogP) is 2.12. The first-order chi connectivity index (χ1) is 6.68. The van der Waals surface area contributed by atoms with Gasteiger partial charge in [0.15, 0.2) is 0 Å². The van der Waals surface area contributed by atoms with Gasteiger partial charge in [-0.3, -0.25) is 4.99 Å². The molecule has 1 saturated heterocycles. The van der Waals surface area contributed by atoms with E-state index in [0.717, 1.165) is 13.1 Å². The van der Waals surface area contributed by atoms with E-state index >= 15 is 0 Å². The summed E-state index contributed by atoms with van der Waals surface area (Å²) in [4.78, 5) is 7.02. The highest BCUT2D eigenvalue weighted by Crippen LogP contribution is 2.28. The third-order valence-electron chi connectivity index (χ3n) is 3.28. The molecule has 0 aromatic rings. The third-order valence-corrected chi connectivity index (χ3v) is 3.28. The Morgan fingerprint density at radius 3 is 2.79 bits per heavy atom. The van der Waals surface area contributed by atoms with Crippen molar-refractivity contribution in [2.24, 2.45) is 10.9 Å². The van der Waals surface area contributed by atoms with Crippen molar-refractivity contribution in [1.29, 1.82) is 0 Å². The van der Waals surface area contributed by atoms with E-state index < -0.39 is 0 Å². The molecule has 0 aromatic heterocycles. The summed E-state index contributed by atoms with van der Waals surface area (Å²) in [5.41, 5.74) is 4.63. The van der Waals surface area contributed by atoms with Gasteiger partial charge in [0, 0.05) is 19.6 Å². The first-order valence-electron chi connectivity index (χ1n) is 5.62. The summed E-state index contributed by atoms with van der Waals surface area (Å²) in [7, 11) is 2.18. The Balaban J connectivity index is 2.28.